The number of amides is 1. The molecule has 0 radical (unpaired) electrons. The van der Waals surface area contributed by atoms with Crippen molar-refractivity contribution in [2.24, 2.45) is 5.92 Å². The molecule has 0 aliphatic heterocycles. The number of aryl methyl sites for hydroxylation is 1. The third-order valence-electron chi connectivity index (χ3n) is 3.25. The van der Waals surface area contributed by atoms with Gasteiger partial charge in [0.2, 0.25) is 0 Å². The monoisotopic (exact) mass is 281 g/mol. The molecule has 1 aromatic rings. The van der Waals surface area contributed by atoms with Gasteiger partial charge in [-0.1, -0.05) is 18.0 Å². The first-order valence-electron chi connectivity index (χ1n) is 6.29. The number of halogens is 1. The van der Waals surface area contributed by atoms with E-state index in [4.69, 9.17) is 16.3 Å². The van der Waals surface area contributed by atoms with E-state index < -0.39 is 0 Å². The lowest BCUT2D eigenvalue weighted by Gasteiger charge is -2.22. The lowest BCUT2D eigenvalue weighted by molar-refractivity contribution is -0.154. The zero-order valence-corrected chi connectivity index (χ0v) is 11.5. The van der Waals surface area contributed by atoms with Crippen molar-refractivity contribution in [1.29, 1.82) is 0 Å². The summed E-state index contributed by atoms with van der Waals surface area (Å²) >= 11 is 5.83. The van der Waals surface area contributed by atoms with E-state index in [2.05, 4.69) is 5.32 Å². The highest BCUT2D eigenvalue weighted by Gasteiger charge is 2.27. The number of ether oxygens (including phenoxy) is 1. The molecule has 0 bridgehead atoms. The molecule has 1 amide bonds. The summed E-state index contributed by atoms with van der Waals surface area (Å²) in [5.41, 5.74) is 1.54. The Labute approximate surface area is 117 Å². The molecule has 0 unspecified atom stereocenters. The molecule has 102 valence electrons. The predicted octanol–water partition coefficient (Wildman–Crippen LogP) is 2.93. The van der Waals surface area contributed by atoms with Gasteiger partial charge >= 0.3 is 5.97 Å². The summed E-state index contributed by atoms with van der Waals surface area (Å²) in [6, 6.07) is 5.19. The topological polar surface area (TPSA) is 55.4 Å². The quantitative estimate of drug-likeness (QED) is 0.863. The fourth-order valence-corrected chi connectivity index (χ4v) is 2.08. The number of carbonyl (C=O) groups excluding carboxylic acids is 2. The first-order valence-corrected chi connectivity index (χ1v) is 6.66. The van der Waals surface area contributed by atoms with Crippen LogP contribution in [0.25, 0.3) is 0 Å². The van der Waals surface area contributed by atoms with Crippen LogP contribution in [0.3, 0.4) is 0 Å². The van der Waals surface area contributed by atoms with Crippen molar-refractivity contribution in [3.63, 3.8) is 0 Å². The number of esters is 1. The predicted molar refractivity (Wildman–Crippen MR) is 73.1 cm³/mol. The highest BCUT2D eigenvalue weighted by molar-refractivity contribution is 6.30. The molecule has 2 rings (SSSR count). The third-order valence-corrected chi connectivity index (χ3v) is 3.48. The number of nitrogens with one attached hydrogen (secondary N) is 1. The number of carbonyl (C=O) groups is 2. The Morgan fingerprint density at radius 3 is 2.74 bits per heavy atom. The van der Waals surface area contributed by atoms with E-state index in [1.807, 2.05) is 6.92 Å². The molecule has 5 heteroatoms. The van der Waals surface area contributed by atoms with Gasteiger partial charge in [0.1, 0.15) is 0 Å². The highest BCUT2D eigenvalue weighted by Crippen LogP contribution is 2.27. The normalized spacial score (nSPS) is 14.6. The summed E-state index contributed by atoms with van der Waals surface area (Å²) in [4.78, 5) is 23.1. The van der Waals surface area contributed by atoms with Gasteiger partial charge < -0.3 is 10.1 Å². The van der Waals surface area contributed by atoms with Gasteiger partial charge in [0.05, 0.1) is 5.92 Å². The van der Waals surface area contributed by atoms with Crippen LogP contribution in [0.15, 0.2) is 18.2 Å². The van der Waals surface area contributed by atoms with Crippen molar-refractivity contribution < 1.29 is 14.3 Å². The van der Waals surface area contributed by atoms with Crippen LogP contribution in [0, 0.1) is 12.8 Å². The molecular weight excluding hydrogens is 266 g/mol. The van der Waals surface area contributed by atoms with Gasteiger partial charge in [0, 0.05) is 10.7 Å². The smallest absolute Gasteiger partial charge is 0.309 e. The van der Waals surface area contributed by atoms with Crippen molar-refractivity contribution >= 4 is 29.2 Å². The van der Waals surface area contributed by atoms with Crippen LogP contribution < -0.4 is 5.32 Å². The molecule has 0 aromatic heterocycles. The maximum atomic E-state index is 11.7. The Hall–Kier alpha value is -1.55. The standard InChI is InChI=1S/C14H16ClNO3/c1-9-7-11(15)5-6-12(9)16-13(17)8-19-14(18)10-3-2-4-10/h5-7,10H,2-4,8H2,1H3,(H,16,17). The molecule has 0 spiro atoms. The first-order chi connectivity index (χ1) is 9.06. The minimum absolute atomic E-state index is 0.00920. The summed E-state index contributed by atoms with van der Waals surface area (Å²) in [6.07, 6.45) is 2.81. The molecule has 1 fully saturated rings. The number of hydrogen-bond donors (Lipinski definition) is 1. The molecule has 1 aliphatic rings. The summed E-state index contributed by atoms with van der Waals surface area (Å²) in [5, 5.41) is 3.31. The zero-order valence-electron chi connectivity index (χ0n) is 10.7. The van der Waals surface area contributed by atoms with E-state index in [-0.39, 0.29) is 24.4 Å². The van der Waals surface area contributed by atoms with Crippen LogP contribution in [0.4, 0.5) is 5.69 Å². The van der Waals surface area contributed by atoms with Crippen molar-refractivity contribution in [1.82, 2.24) is 0 Å². The van der Waals surface area contributed by atoms with E-state index in [9.17, 15) is 9.59 Å². The van der Waals surface area contributed by atoms with E-state index in [0.717, 1.165) is 24.8 Å². The average Bonchev–Trinajstić information content (AvgIpc) is 2.28. The summed E-state index contributed by atoms with van der Waals surface area (Å²) in [5.74, 6) is -0.614. The first kappa shape index (κ1) is 13.9. The van der Waals surface area contributed by atoms with E-state index in [1.54, 1.807) is 18.2 Å². The molecule has 1 aromatic carbocycles. The second-order valence-electron chi connectivity index (χ2n) is 4.74. The Balaban J connectivity index is 1.81. The minimum Gasteiger partial charge on any atom is -0.455 e. The molecule has 4 nitrogen and oxygen atoms in total. The second-order valence-corrected chi connectivity index (χ2v) is 5.18. The maximum Gasteiger partial charge on any atom is 0.309 e. The fourth-order valence-electron chi connectivity index (χ4n) is 1.85. The van der Waals surface area contributed by atoms with Gasteiger partial charge in [-0.2, -0.15) is 0 Å². The highest BCUT2D eigenvalue weighted by atomic mass is 35.5. The average molecular weight is 282 g/mol. The maximum absolute atomic E-state index is 11.7. The van der Waals surface area contributed by atoms with Crippen LogP contribution in [0.5, 0.6) is 0 Å². The SMILES string of the molecule is Cc1cc(Cl)ccc1NC(=O)COC(=O)C1CCC1. The molecular formula is C14H16ClNO3. The van der Waals surface area contributed by atoms with E-state index in [1.165, 1.54) is 0 Å². The number of rotatable bonds is 4. The van der Waals surface area contributed by atoms with Gasteiger partial charge in [-0.3, -0.25) is 9.59 Å². The largest absolute Gasteiger partial charge is 0.455 e. The third kappa shape index (κ3) is 3.70. The molecule has 0 saturated heterocycles. The van der Waals surface area contributed by atoms with Crippen LogP contribution in [0.1, 0.15) is 24.8 Å². The molecule has 1 N–H and O–H groups in total. The van der Waals surface area contributed by atoms with E-state index in [0.29, 0.717) is 10.7 Å². The van der Waals surface area contributed by atoms with Crippen LogP contribution in [-0.4, -0.2) is 18.5 Å². The fraction of sp³-hybridized carbons (Fsp3) is 0.429. The number of anilines is 1. The van der Waals surface area contributed by atoms with Crippen molar-refractivity contribution in [3.8, 4) is 0 Å². The molecule has 0 atom stereocenters. The lowest BCUT2D eigenvalue weighted by atomic mass is 9.86. The van der Waals surface area contributed by atoms with Gasteiger partial charge in [-0.25, -0.2) is 0 Å². The molecule has 0 heterocycles. The number of hydrogen-bond acceptors (Lipinski definition) is 3. The Morgan fingerprint density at radius 2 is 2.16 bits per heavy atom. The minimum atomic E-state index is -0.335. The van der Waals surface area contributed by atoms with Gasteiger partial charge in [-0.05, 0) is 43.5 Å². The van der Waals surface area contributed by atoms with Gasteiger partial charge in [-0.15, -0.1) is 0 Å². The Bertz CT molecular complexity index is 497. The lowest BCUT2D eigenvalue weighted by Crippen LogP contribution is -2.28. The van der Waals surface area contributed by atoms with Gasteiger partial charge in [0.25, 0.3) is 5.91 Å². The summed E-state index contributed by atoms with van der Waals surface area (Å²) < 4.78 is 4.97. The summed E-state index contributed by atoms with van der Waals surface area (Å²) in [7, 11) is 0. The Morgan fingerprint density at radius 1 is 1.42 bits per heavy atom. The van der Waals surface area contributed by atoms with Crippen LogP contribution in [-0.2, 0) is 14.3 Å². The molecule has 1 aliphatic carbocycles. The molecule has 1 saturated carbocycles. The second kappa shape index (κ2) is 6.06. The van der Waals surface area contributed by atoms with Crippen molar-refractivity contribution in [2.75, 3.05) is 11.9 Å². The van der Waals surface area contributed by atoms with Crippen molar-refractivity contribution in [3.05, 3.63) is 28.8 Å². The zero-order chi connectivity index (χ0) is 13.8. The van der Waals surface area contributed by atoms with Gasteiger partial charge in [0.15, 0.2) is 6.61 Å². The Kier molecular flexibility index (Phi) is 4.43. The summed E-state index contributed by atoms with van der Waals surface area (Å²) in [6.45, 7) is 1.61. The number of benzene rings is 1. The van der Waals surface area contributed by atoms with Crippen LogP contribution in [0.2, 0.25) is 5.02 Å². The van der Waals surface area contributed by atoms with E-state index >= 15 is 0 Å². The van der Waals surface area contributed by atoms with Crippen molar-refractivity contribution in [2.45, 2.75) is 26.2 Å². The molecule has 19 heavy (non-hydrogen) atoms. The van der Waals surface area contributed by atoms with Crippen LogP contribution >= 0.6 is 11.6 Å².